The Bertz CT molecular complexity index is 889. The summed E-state index contributed by atoms with van der Waals surface area (Å²) in [5.41, 5.74) is 3.43. The van der Waals surface area contributed by atoms with E-state index >= 15 is 0 Å². The average molecular weight is 338 g/mol. The Kier molecular flexibility index (Phi) is 4.49. The van der Waals surface area contributed by atoms with Crippen LogP contribution in [0.25, 0.3) is 11.0 Å². The van der Waals surface area contributed by atoms with E-state index in [1.54, 1.807) is 12.1 Å². The molecule has 0 aliphatic carbocycles. The van der Waals surface area contributed by atoms with Crippen molar-refractivity contribution in [3.05, 3.63) is 59.4 Å². The van der Waals surface area contributed by atoms with Crippen molar-refractivity contribution in [1.82, 2.24) is 9.97 Å². The molecular formula is C20H22N2O3. The van der Waals surface area contributed by atoms with Gasteiger partial charge >= 0.3 is 5.97 Å². The van der Waals surface area contributed by atoms with Crippen molar-refractivity contribution in [3.8, 4) is 5.75 Å². The maximum Gasteiger partial charge on any atom is 0.337 e. The number of aromatic nitrogens is 2. The summed E-state index contributed by atoms with van der Waals surface area (Å²) in [4.78, 5) is 19.3. The molecule has 130 valence electrons. The number of esters is 1. The summed E-state index contributed by atoms with van der Waals surface area (Å²) in [7, 11) is 1.36. The SMILES string of the molecule is COC(=O)c1ccc2[nH]c(COc3ccc(C(C)(C)C)cc3)nc2c1. The lowest BCUT2D eigenvalue weighted by molar-refractivity contribution is 0.0601. The van der Waals surface area contributed by atoms with Crippen LogP contribution in [0.15, 0.2) is 42.5 Å². The number of H-pyrrole nitrogens is 1. The molecule has 1 aromatic heterocycles. The second kappa shape index (κ2) is 6.59. The van der Waals surface area contributed by atoms with Crippen molar-refractivity contribution in [2.24, 2.45) is 0 Å². The van der Waals surface area contributed by atoms with Crippen molar-refractivity contribution < 1.29 is 14.3 Å². The Morgan fingerprint density at radius 3 is 2.48 bits per heavy atom. The van der Waals surface area contributed by atoms with Gasteiger partial charge in [-0.1, -0.05) is 32.9 Å². The van der Waals surface area contributed by atoms with Gasteiger partial charge in [0.2, 0.25) is 0 Å². The monoisotopic (exact) mass is 338 g/mol. The first-order valence-electron chi connectivity index (χ1n) is 8.17. The average Bonchev–Trinajstić information content (AvgIpc) is 3.00. The zero-order valence-electron chi connectivity index (χ0n) is 14.9. The third-order valence-corrected chi connectivity index (χ3v) is 4.05. The molecule has 0 amide bonds. The molecule has 0 radical (unpaired) electrons. The normalized spacial score (nSPS) is 11.5. The molecule has 1 heterocycles. The number of methoxy groups -OCH3 is 1. The number of carbonyl (C=O) groups is 1. The van der Waals surface area contributed by atoms with Crippen LogP contribution in [-0.4, -0.2) is 23.0 Å². The fraction of sp³-hybridized carbons (Fsp3) is 0.300. The molecule has 0 saturated carbocycles. The number of aromatic amines is 1. The molecule has 25 heavy (non-hydrogen) atoms. The lowest BCUT2D eigenvalue weighted by Gasteiger charge is -2.19. The van der Waals surface area contributed by atoms with Crippen LogP contribution >= 0.6 is 0 Å². The number of benzene rings is 2. The van der Waals surface area contributed by atoms with E-state index in [0.717, 1.165) is 11.3 Å². The number of hydrogen-bond donors (Lipinski definition) is 1. The fourth-order valence-corrected chi connectivity index (χ4v) is 2.57. The first-order chi connectivity index (χ1) is 11.9. The molecule has 0 fully saturated rings. The Balaban J connectivity index is 1.72. The number of imidazole rings is 1. The Morgan fingerprint density at radius 2 is 1.84 bits per heavy atom. The summed E-state index contributed by atoms with van der Waals surface area (Å²) in [5, 5.41) is 0. The number of nitrogens with one attached hydrogen (secondary N) is 1. The molecule has 5 heteroatoms. The third-order valence-electron chi connectivity index (χ3n) is 4.05. The third kappa shape index (κ3) is 3.82. The smallest absolute Gasteiger partial charge is 0.337 e. The molecule has 0 aliphatic rings. The molecule has 0 saturated heterocycles. The van der Waals surface area contributed by atoms with Gasteiger partial charge in [0.05, 0.1) is 23.7 Å². The second-order valence-corrected chi connectivity index (χ2v) is 6.97. The zero-order chi connectivity index (χ0) is 18.0. The van der Waals surface area contributed by atoms with Gasteiger partial charge in [0, 0.05) is 0 Å². The summed E-state index contributed by atoms with van der Waals surface area (Å²) in [5.74, 6) is 1.13. The number of fused-ring (bicyclic) bond motifs is 1. The van der Waals surface area contributed by atoms with Gasteiger partial charge < -0.3 is 14.5 Å². The van der Waals surface area contributed by atoms with E-state index in [1.807, 2.05) is 18.2 Å². The highest BCUT2D eigenvalue weighted by Gasteiger charge is 2.13. The van der Waals surface area contributed by atoms with Gasteiger partial charge in [-0.2, -0.15) is 0 Å². The molecule has 3 aromatic rings. The molecule has 0 unspecified atom stereocenters. The van der Waals surface area contributed by atoms with Gasteiger partial charge in [-0.05, 0) is 41.3 Å². The summed E-state index contributed by atoms with van der Waals surface area (Å²) < 4.78 is 10.5. The van der Waals surface area contributed by atoms with Crippen LogP contribution in [0.5, 0.6) is 5.75 Å². The molecule has 0 atom stereocenters. The van der Waals surface area contributed by atoms with Gasteiger partial charge in [-0.3, -0.25) is 0 Å². The van der Waals surface area contributed by atoms with Crippen LogP contribution < -0.4 is 4.74 Å². The number of nitrogens with zero attached hydrogens (tertiary/aromatic N) is 1. The second-order valence-electron chi connectivity index (χ2n) is 6.97. The lowest BCUT2D eigenvalue weighted by Crippen LogP contribution is -2.10. The Morgan fingerprint density at radius 1 is 1.12 bits per heavy atom. The molecule has 0 bridgehead atoms. The summed E-state index contributed by atoms with van der Waals surface area (Å²) in [6, 6.07) is 13.3. The minimum atomic E-state index is -0.373. The predicted molar refractivity (Wildman–Crippen MR) is 96.9 cm³/mol. The quantitative estimate of drug-likeness (QED) is 0.723. The zero-order valence-corrected chi connectivity index (χ0v) is 14.9. The van der Waals surface area contributed by atoms with Gasteiger partial charge in [0.15, 0.2) is 0 Å². The summed E-state index contributed by atoms with van der Waals surface area (Å²) in [6.45, 7) is 6.87. The highest BCUT2D eigenvalue weighted by Crippen LogP contribution is 2.24. The molecule has 5 nitrogen and oxygen atoms in total. The molecule has 1 N–H and O–H groups in total. The first kappa shape index (κ1) is 17.0. The van der Waals surface area contributed by atoms with Gasteiger partial charge in [-0.15, -0.1) is 0 Å². The molecule has 0 spiro atoms. The molecule has 3 rings (SSSR count). The molecule has 2 aromatic carbocycles. The summed E-state index contributed by atoms with van der Waals surface area (Å²) in [6.07, 6.45) is 0. The standard InChI is InChI=1S/C20H22N2O3/c1-20(2,3)14-6-8-15(9-7-14)25-12-18-21-16-10-5-13(19(23)24-4)11-17(16)22-18/h5-11H,12H2,1-4H3,(H,21,22). The van der Waals surface area contributed by atoms with Crippen molar-refractivity contribution >= 4 is 17.0 Å². The van der Waals surface area contributed by atoms with Gasteiger partial charge in [0.1, 0.15) is 18.2 Å². The van der Waals surface area contributed by atoms with Gasteiger partial charge in [-0.25, -0.2) is 9.78 Å². The topological polar surface area (TPSA) is 64.2 Å². The number of hydrogen-bond acceptors (Lipinski definition) is 4. The van der Waals surface area contributed by atoms with E-state index < -0.39 is 0 Å². The van der Waals surface area contributed by atoms with Crippen molar-refractivity contribution in [2.45, 2.75) is 32.8 Å². The number of ether oxygens (including phenoxy) is 2. The van der Waals surface area contributed by atoms with Crippen molar-refractivity contribution in [2.75, 3.05) is 7.11 Å². The largest absolute Gasteiger partial charge is 0.486 e. The minimum absolute atomic E-state index is 0.120. The fourth-order valence-electron chi connectivity index (χ4n) is 2.57. The lowest BCUT2D eigenvalue weighted by atomic mass is 9.87. The highest BCUT2D eigenvalue weighted by molar-refractivity contribution is 5.93. The highest BCUT2D eigenvalue weighted by atomic mass is 16.5. The van der Waals surface area contributed by atoms with E-state index in [2.05, 4.69) is 42.9 Å². The Hall–Kier alpha value is -2.82. The van der Waals surface area contributed by atoms with Crippen molar-refractivity contribution in [1.29, 1.82) is 0 Å². The summed E-state index contributed by atoms with van der Waals surface area (Å²) >= 11 is 0. The van der Waals surface area contributed by atoms with Gasteiger partial charge in [0.25, 0.3) is 0 Å². The van der Waals surface area contributed by atoms with Crippen LogP contribution in [0.4, 0.5) is 0 Å². The van der Waals surface area contributed by atoms with E-state index in [-0.39, 0.29) is 11.4 Å². The minimum Gasteiger partial charge on any atom is -0.486 e. The first-order valence-corrected chi connectivity index (χ1v) is 8.17. The van der Waals surface area contributed by atoms with Crippen LogP contribution in [0.2, 0.25) is 0 Å². The number of carbonyl (C=O) groups excluding carboxylic acids is 1. The Labute approximate surface area is 147 Å². The molecular weight excluding hydrogens is 316 g/mol. The van der Waals surface area contributed by atoms with E-state index in [9.17, 15) is 4.79 Å². The predicted octanol–water partition coefficient (Wildman–Crippen LogP) is 4.23. The van der Waals surface area contributed by atoms with E-state index in [1.165, 1.54) is 12.7 Å². The maximum absolute atomic E-state index is 11.6. The number of rotatable bonds is 4. The van der Waals surface area contributed by atoms with Crippen LogP contribution in [0, 0.1) is 0 Å². The maximum atomic E-state index is 11.6. The van der Waals surface area contributed by atoms with Crippen molar-refractivity contribution in [3.63, 3.8) is 0 Å². The van der Waals surface area contributed by atoms with Crippen LogP contribution in [0.1, 0.15) is 42.5 Å². The molecule has 0 aliphatic heterocycles. The van der Waals surface area contributed by atoms with E-state index in [0.29, 0.717) is 23.5 Å². The van der Waals surface area contributed by atoms with Crippen LogP contribution in [-0.2, 0) is 16.8 Å². The van der Waals surface area contributed by atoms with E-state index in [4.69, 9.17) is 9.47 Å². The van der Waals surface area contributed by atoms with Crippen LogP contribution in [0.3, 0.4) is 0 Å².